The number of fused-ring (bicyclic) bond motifs is 1. The molecule has 0 unspecified atom stereocenters. The van der Waals surface area contributed by atoms with Crippen LogP contribution in [0.5, 0.6) is 0 Å². The predicted molar refractivity (Wildman–Crippen MR) is 148 cm³/mol. The number of rotatable bonds is 10. The summed E-state index contributed by atoms with van der Waals surface area (Å²) in [5, 5.41) is 15.4. The maximum Gasteiger partial charge on any atom is 0.269 e. The number of amides is 1. The third kappa shape index (κ3) is 6.55. The molecule has 0 spiro atoms. The Morgan fingerprint density at radius 1 is 1.11 bits per heavy atom. The van der Waals surface area contributed by atoms with Crippen LogP contribution in [0.1, 0.15) is 42.1 Å². The van der Waals surface area contributed by atoms with E-state index in [2.05, 4.69) is 12.2 Å². The quantitative estimate of drug-likeness (QED) is 0.0795. The summed E-state index contributed by atoms with van der Waals surface area (Å²) in [7, 11) is 0. The van der Waals surface area contributed by atoms with Crippen LogP contribution in [0.3, 0.4) is 0 Å². The van der Waals surface area contributed by atoms with E-state index in [0.29, 0.717) is 44.6 Å². The van der Waals surface area contributed by atoms with Gasteiger partial charge >= 0.3 is 0 Å². The van der Waals surface area contributed by atoms with E-state index in [1.165, 1.54) is 23.9 Å². The van der Waals surface area contributed by atoms with Crippen molar-refractivity contribution >= 4 is 51.5 Å². The standard InChI is InChI=1S/C27H25ClN4O4S/c1-2-3-4-13-31-26(34)23-12-11-19(25(33)29-21-9-6-8-20(28)16-21)15-24(23)30-27(31)37-17-18-7-5-10-22(14-18)32(35)36/h5-12,14-16H,2-4,13,17H2,1H3,(H,29,33). The lowest BCUT2D eigenvalue weighted by atomic mass is 10.1. The van der Waals surface area contributed by atoms with Crippen molar-refractivity contribution in [2.45, 2.75) is 43.6 Å². The van der Waals surface area contributed by atoms with Gasteiger partial charge < -0.3 is 5.32 Å². The van der Waals surface area contributed by atoms with Crippen molar-refractivity contribution in [1.82, 2.24) is 9.55 Å². The van der Waals surface area contributed by atoms with Gasteiger partial charge in [0.15, 0.2) is 5.16 Å². The molecule has 1 heterocycles. The molecule has 0 aliphatic carbocycles. The van der Waals surface area contributed by atoms with E-state index in [9.17, 15) is 19.7 Å². The lowest BCUT2D eigenvalue weighted by Gasteiger charge is -2.14. The lowest BCUT2D eigenvalue weighted by Crippen LogP contribution is -2.24. The van der Waals surface area contributed by atoms with Gasteiger partial charge in [0.05, 0.1) is 15.8 Å². The van der Waals surface area contributed by atoms with Crippen LogP contribution in [0.15, 0.2) is 76.7 Å². The molecule has 0 aliphatic heterocycles. The third-order valence-electron chi connectivity index (χ3n) is 5.74. The molecule has 0 atom stereocenters. The Hall–Kier alpha value is -3.69. The van der Waals surface area contributed by atoms with Crippen LogP contribution in [-0.4, -0.2) is 20.4 Å². The number of carbonyl (C=O) groups is 1. The molecule has 8 nitrogen and oxygen atoms in total. The predicted octanol–water partition coefficient (Wildman–Crippen LogP) is 6.69. The van der Waals surface area contributed by atoms with Crippen LogP contribution in [-0.2, 0) is 12.3 Å². The number of nitro groups is 1. The van der Waals surface area contributed by atoms with Crippen molar-refractivity contribution < 1.29 is 9.72 Å². The summed E-state index contributed by atoms with van der Waals surface area (Å²) < 4.78 is 1.66. The summed E-state index contributed by atoms with van der Waals surface area (Å²) in [6.45, 7) is 2.61. The van der Waals surface area contributed by atoms with Gasteiger partial charge in [-0.1, -0.05) is 61.3 Å². The molecule has 1 N–H and O–H groups in total. The summed E-state index contributed by atoms with van der Waals surface area (Å²) in [6.07, 6.45) is 2.81. The second-order valence-electron chi connectivity index (χ2n) is 8.47. The van der Waals surface area contributed by atoms with Crippen molar-refractivity contribution in [3.8, 4) is 0 Å². The second kappa shape index (κ2) is 12.0. The summed E-state index contributed by atoms with van der Waals surface area (Å²) in [4.78, 5) is 41.7. The minimum absolute atomic E-state index is 0.0141. The number of halogens is 1. The number of nitrogens with one attached hydrogen (secondary N) is 1. The smallest absolute Gasteiger partial charge is 0.269 e. The Balaban J connectivity index is 1.66. The third-order valence-corrected chi connectivity index (χ3v) is 7.02. The minimum Gasteiger partial charge on any atom is -0.322 e. The maximum absolute atomic E-state index is 13.4. The first kappa shape index (κ1) is 26.4. The molecular formula is C27H25ClN4O4S. The fourth-order valence-corrected chi connectivity index (χ4v) is 5.00. The van der Waals surface area contributed by atoms with Crippen LogP contribution in [0, 0.1) is 10.1 Å². The number of anilines is 1. The number of benzene rings is 3. The SMILES string of the molecule is CCCCCn1c(SCc2cccc([N+](=O)[O-])c2)nc2cc(C(=O)Nc3cccc(Cl)c3)ccc2c1=O. The Labute approximate surface area is 222 Å². The molecule has 1 aromatic heterocycles. The van der Waals surface area contributed by atoms with Gasteiger partial charge in [-0.3, -0.25) is 24.3 Å². The molecule has 37 heavy (non-hydrogen) atoms. The first-order chi connectivity index (χ1) is 17.9. The Kier molecular flexibility index (Phi) is 8.58. The molecular weight excluding hydrogens is 512 g/mol. The highest BCUT2D eigenvalue weighted by Crippen LogP contribution is 2.25. The number of carbonyl (C=O) groups excluding carboxylic acids is 1. The maximum atomic E-state index is 13.4. The summed E-state index contributed by atoms with van der Waals surface area (Å²) in [5.41, 5.74) is 1.92. The van der Waals surface area contributed by atoms with Gasteiger partial charge in [0.1, 0.15) is 0 Å². The molecule has 0 bridgehead atoms. The summed E-state index contributed by atoms with van der Waals surface area (Å²) >= 11 is 7.35. The van der Waals surface area contributed by atoms with Gasteiger partial charge in [-0.15, -0.1) is 0 Å². The average molecular weight is 537 g/mol. The van der Waals surface area contributed by atoms with Gasteiger partial charge in [-0.05, 0) is 48.4 Å². The molecule has 3 aromatic carbocycles. The van der Waals surface area contributed by atoms with Gasteiger partial charge in [-0.2, -0.15) is 0 Å². The van der Waals surface area contributed by atoms with Gasteiger partial charge in [-0.25, -0.2) is 4.98 Å². The zero-order chi connectivity index (χ0) is 26.4. The zero-order valence-electron chi connectivity index (χ0n) is 20.1. The van der Waals surface area contributed by atoms with Crippen LogP contribution in [0.2, 0.25) is 5.02 Å². The zero-order valence-corrected chi connectivity index (χ0v) is 21.7. The molecule has 0 aliphatic rings. The van der Waals surface area contributed by atoms with Crippen LogP contribution >= 0.6 is 23.4 Å². The average Bonchev–Trinajstić information content (AvgIpc) is 2.89. The first-order valence-electron chi connectivity index (χ1n) is 11.8. The number of thioether (sulfide) groups is 1. The molecule has 0 saturated heterocycles. The molecule has 1 amide bonds. The number of hydrogen-bond donors (Lipinski definition) is 1. The van der Waals surface area contributed by atoms with Gasteiger partial charge in [0.25, 0.3) is 17.2 Å². The van der Waals surface area contributed by atoms with Crippen molar-refractivity contribution in [2.24, 2.45) is 0 Å². The molecule has 190 valence electrons. The molecule has 4 aromatic rings. The number of aromatic nitrogens is 2. The Morgan fingerprint density at radius 3 is 2.68 bits per heavy atom. The molecule has 10 heteroatoms. The molecule has 0 saturated carbocycles. The van der Waals surface area contributed by atoms with E-state index < -0.39 is 4.92 Å². The summed E-state index contributed by atoms with van der Waals surface area (Å²) in [5.74, 6) is 0.0615. The van der Waals surface area contributed by atoms with Crippen molar-refractivity contribution in [2.75, 3.05) is 5.32 Å². The van der Waals surface area contributed by atoms with Crippen LogP contribution < -0.4 is 10.9 Å². The fourth-order valence-electron chi connectivity index (χ4n) is 3.85. The lowest BCUT2D eigenvalue weighted by molar-refractivity contribution is -0.384. The second-order valence-corrected chi connectivity index (χ2v) is 9.85. The van der Waals surface area contributed by atoms with Crippen LogP contribution in [0.4, 0.5) is 11.4 Å². The Morgan fingerprint density at radius 2 is 1.92 bits per heavy atom. The highest BCUT2D eigenvalue weighted by atomic mass is 35.5. The number of non-ortho nitro benzene ring substituents is 1. The molecule has 0 fully saturated rings. The van der Waals surface area contributed by atoms with Crippen LogP contribution in [0.25, 0.3) is 10.9 Å². The monoisotopic (exact) mass is 536 g/mol. The number of hydrogen-bond acceptors (Lipinski definition) is 6. The Bertz CT molecular complexity index is 1520. The van der Waals surface area contributed by atoms with E-state index >= 15 is 0 Å². The van der Waals surface area contributed by atoms with Crippen molar-refractivity contribution in [3.63, 3.8) is 0 Å². The topological polar surface area (TPSA) is 107 Å². The van der Waals surface area contributed by atoms with E-state index in [1.54, 1.807) is 59.2 Å². The molecule has 0 radical (unpaired) electrons. The summed E-state index contributed by atoms with van der Waals surface area (Å²) in [6, 6.07) is 18.1. The van der Waals surface area contributed by atoms with Gasteiger partial charge in [0.2, 0.25) is 0 Å². The molecule has 4 rings (SSSR count). The highest BCUT2D eigenvalue weighted by Gasteiger charge is 2.15. The normalized spacial score (nSPS) is 11.0. The van der Waals surface area contributed by atoms with E-state index in [-0.39, 0.29) is 17.2 Å². The van der Waals surface area contributed by atoms with E-state index in [4.69, 9.17) is 16.6 Å². The number of nitrogens with zero attached hydrogens (tertiary/aromatic N) is 3. The number of unbranched alkanes of at least 4 members (excludes halogenated alkanes) is 2. The minimum atomic E-state index is -0.431. The number of nitro benzene ring substituents is 1. The van der Waals surface area contributed by atoms with E-state index in [0.717, 1.165) is 24.8 Å². The van der Waals surface area contributed by atoms with E-state index in [1.807, 2.05) is 0 Å². The highest BCUT2D eigenvalue weighted by molar-refractivity contribution is 7.98. The first-order valence-corrected chi connectivity index (χ1v) is 13.2. The van der Waals surface area contributed by atoms with Crippen molar-refractivity contribution in [3.05, 3.63) is 103 Å². The van der Waals surface area contributed by atoms with Crippen molar-refractivity contribution in [1.29, 1.82) is 0 Å². The van der Waals surface area contributed by atoms with Gasteiger partial charge in [0, 0.05) is 40.7 Å². The largest absolute Gasteiger partial charge is 0.322 e. The fraction of sp³-hybridized carbons (Fsp3) is 0.222.